The lowest BCUT2D eigenvalue weighted by Gasteiger charge is -2.25. The Hall–Kier alpha value is -3.30. The average Bonchev–Trinajstić information content (AvgIpc) is 3.53. The molecule has 5 rings (SSSR count). The summed E-state index contributed by atoms with van der Waals surface area (Å²) < 4.78 is 35.7. The van der Waals surface area contributed by atoms with Crippen molar-refractivity contribution in [1.82, 2.24) is 29.1 Å². The summed E-state index contributed by atoms with van der Waals surface area (Å²) >= 11 is 0. The lowest BCUT2D eigenvalue weighted by molar-refractivity contribution is -0.0635. The summed E-state index contributed by atoms with van der Waals surface area (Å²) in [5, 5.41) is 41.0. The number of hydrogen-bond acceptors (Lipinski definition) is 15. The Morgan fingerprint density at radius 2 is 1.77 bits per heavy atom. The van der Waals surface area contributed by atoms with Gasteiger partial charge in [-0.1, -0.05) is 0 Å². The number of rotatable bonds is 8. The van der Waals surface area contributed by atoms with Gasteiger partial charge in [0, 0.05) is 12.3 Å². The zero-order valence-electron chi connectivity index (χ0n) is 20.1. The maximum absolute atomic E-state index is 12.8. The fourth-order valence-electron chi connectivity index (χ4n) is 4.41. The molecule has 0 spiro atoms. The number of H-pyrrole nitrogens is 2. The van der Waals surface area contributed by atoms with Crippen LogP contribution in [0.5, 0.6) is 0 Å². The third-order valence-electron chi connectivity index (χ3n) is 6.34. The van der Waals surface area contributed by atoms with Gasteiger partial charge < -0.3 is 40.5 Å². The highest BCUT2D eigenvalue weighted by atomic mass is 31.2. The number of ether oxygens (including phenoxy) is 2. The summed E-state index contributed by atoms with van der Waals surface area (Å²) in [5.74, 6) is -0.241. The van der Waals surface area contributed by atoms with Crippen molar-refractivity contribution in [2.75, 3.05) is 18.9 Å². The third-order valence-corrected chi connectivity index (χ3v) is 7.32. The van der Waals surface area contributed by atoms with Crippen LogP contribution in [-0.2, 0) is 23.1 Å². The molecule has 2 saturated heterocycles. The van der Waals surface area contributed by atoms with E-state index in [0.29, 0.717) is 0 Å². The lowest BCUT2D eigenvalue weighted by atomic mass is 10.1. The van der Waals surface area contributed by atoms with E-state index in [1.54, 1.807) is 0 Å². The van der Waals surface area contributed by atoms with Crippen molar-refractivity contribution in [2.45, 2.75) is 49.1 Å². The second kappa shape index (κ2) is 10.6. The fourth-order valence-corrected chi connectivity index (χ4v) is 5.34. The highest BCUT2D eigenvalue weighted by Gasteiger charge is 2.50. The van der Waals surface area contributed by atoms with E-state index in [9.17, 15) is 44.3 Å². The zero-order valence-corrected chi connectivity index (χ0v) is 21.0. The van der Waals surface area contributed by atoms with Crippen LogP contribution in [0.4, 0.5) is 5.95 Å². The molecule has 3 aromatic heterocycles. The number of phosphoric acid groups is 1. The number of aromatic nitrogens is 6. The van der Waals surface area contributed by atoms with Crippen molar-refractivity contribution in [3.8, 4) is 0 Å². The summed E-state index contributed by atoms with van der Waals surface area (Å²) in [7, 11) is -5.10. The minimum absolute atomic E-state index is 0.0626. The number of nitrogens with zero attached hydrogens (tertiary/aromatic N) is 4. The Balaban J connectivity index is 1.31. The first-order chi connectivity index (χ1) is 18.9. The quantitative estimate of drug-likeness (QED) is 0.115. The van der Waals surface area contributed by atoms with Crippen molar-refractivity contribution >= 4 is 24.9 Å². The predicted octanol–water partition coefficient (Wildman–Crippen LogP) is -4.38. The molecule has 9 N–H and O–H groups in total. The molecule has 0 bridgehead atoms. The Morgan fingerprint density at radius 3 is 2.48 bits per heavy atom. The maximum Gasteiger partial charge on any atom is 0.472 e. The summed E-state index contributed by atoms with van der Waals surface area (Å²) in [5.41, 5.74) is 3.00. The summed E-state index contributed by atoms with van der Waals surface area (Å²) in [4.78, 5) is 58.0. The molecule has 2 aliphatic rings. The number of fused-ring (bicyclic) bond motifs is 1. The van der Waals surface area contributed by atoms with Crippen LogP contribution in [0.15, 0.2) is 33.0 Å². The Morgan fingerprint density at radius 1 is 1.05 bits per heavy atom. The number of aromatic amines is 2. The maximum atomic E-state index is 12.8. The minimum atomic E-state index is -5.10. The monoisotopic (exact) mass is 589 g/mol. The molecule has 2 fully saturated rings. The molecule has 0 saturated carbocycles. The van der Waals surface area contributed by atoms with Crippen LogP contribution in [0, 0.1) is 0 Å². The molecule has 3 aromatic rings. The molecule has 1 unspecified atom stereocenters. The number of hydrogen-bond donors (Lipinski definition) is 8. The van der Waals surface area contributed by atoms with Crippen molar-refractivity contribution in [3.05, 3.63) is 49.8 Å². The molecule has 2 aliphatic heterocycles. The molecule has 40 heavy (non-hydrogen) atoms. The summed E-state index contributed by atoms with van der Waals surface area (Å²) in [6, 6.07) is 0.958. The predicted molar refractivity (Wildman–Crippen MR) is 127 cm³/mol. The van der Waals surface area contributed by atoms with Gasteiger partial charge in [0.05, 0.1) is 19.5 Å². The van der Waals surface area contributed by atoms with Gasteiger partial charge in [0.25, 0.3) is 11.1 Å². The SMILES string of the molecule is Nc1nc2c(ncn2[C@@H]2O[C@H](COP(=O)(O)O[C@@H]3[C@H](O)[C@@H](CO)O[C@H]3n3ccc(=O)[nH]c3=O)[C@@H](O)[C@H]2O)c(=O)[nH]1. The number of aliphatic hydroxyl groups excluding tert-OH is 4. The van der Waals surface area contributed by atoms with E-state index in [1.807, 2.05) is 4.98 Å². The third kappa shape index (κ3) is 5.12. The topological polar surface area (TPSA) is 300 Å². The first-order valence-corrected chi connectivity index (χ1v) is 13.0. The summed E-state index contributed by atoms with van der Waals surface area (Å²) in [6.45, 7) is -1.56. The average molecular weight is 589 g/mol. The molecule has 9 atom stereocenters. The first kappa shape index (κ1) is 28.2. The molecule has 0 aliphatic carbocycles. The van der Waals surface area contributed by atoms with Crippen molar-refractivity contribution in [1.29, 1.82) is 0 Å². The largest absolute Gasteiger partial charge is 0.472 e. The van der Waals surface area contributed by atoms with Gasteiger partial charge >= 0.3 is 13.5 Å². The van der Waals surface area contributed by atoms with E-state index in [0.717, 1.165) is 27.7 Å². The van der Waals surface area contributed by atoms with Gasteiger partial charge in [-0.2, -0.15) is 4.98 Å². The van der Waals surface area contributed by atoms with Gasteiger partial charge in [0.2, 0.25) is 5.95 Å². The van der Waals surface area contributed by atoms with Gasteiger partial charge in [-0.05, 0) is 0 Å². The van der Waals surface area contributed by atoms with Crippen LogP contribution in [0.1, 0.15) is 12.5 Å². The molecule has 0 radical (unpaired) electrons. The number of nitrogens with one attached hydrogen (secondary N) is 2. The lowest BCUT2D eigenvalue weighted by Crippen LogP contribution is -2.39. The minimum Gasteiger partial charge on any atom is -0.394 e. The van der Waals surface area contributed by atoms with E-state index >= 15 is 0 Å². The highest BCUT2D eigenvalue weighted by Crippen LogP contribution is 2.49. The second-order valence-corrected chi connectivity index (χ2v) is 10.3. The van der Waals surface area contributed by atoms with Gasteiger partial charge in [-0.25, -0.2) is 14.3 Å². The zero-order chi connectivity index (χ0) is 28.9. The van der Waals surface area contributed by atoms with Crippen molar-refractivity contribution in [3.63, 3.8) is 0 Å². The van der Waals surface area contributed by atoms with E-state index in [2.05, 4.69) is 15.0 Å². The molecule has 0 aromatic carbocycles. The van der Waals surface area contributed by atoms with Crippen molar-refractivity contribution in [2.24, 2.45) is 0 Å². The van der Waals surface area contributed by atoms with Crippen LogP contribution in [0.3, 0.4) is 0 Å². The number of anilines is 1. The Labute approximate surface area is 220 Å². The van der Waals surface area contributed by atoms with Crippen LogP contribution in [0.25, 0.3) is 11.2 Å². The Bertz CT molecular complexity index is 1620. The smallest absolute Gasteiger partial charge is 0.394 e. The number of phosphoric ester groups is 1. The molecule has 5 heterocycles. The van der Waals surface area contributed by atoms with Gasteiger partial charge in [0.1, 0.15) is 36.6 Å². The molecular formula is C19H24N7O13P. The van der Waals surface area contributed by atoms with Crippen LogP contribution in [0.2, 0.25) is 0 Å². The summed E-state index contributed by atoms with van der Waals surface area (Å²) in [6.07, 6.45) is -10.3. The van der Waals surface area contributed by atoms with Gasteiger partial charge in [0.15, 0.2) is 23.6 Å². The first-order valence-electron chi connectivity index (χ1n) is 11.6. The molecular weight excluding hydrogens is 565 g/mol. The molecule has 21 heteroatoms. The molecule has 218 valence electrons. The van der Waals surface area contributed by atoms with E-state index in [4.69, 9.17) is 24.3 Å². The number of nitrogen functional groups attached to an aromatic ring is 1. The van der Waals surface area contributed by atoms with E-state index in [1.165, 1.54) is 0 Å². The van der Waals surface area contributed by atoms with E-state index in [-0.39, 0.29) is 17.1 Å². The van der Waals surface area contributed by atoms with E-state index < -0.39 is 86.9 Å². The van der Waals surface area contributed by atoms with Gasteiger partial charge in [-0.15, -0.1) is 0 Å². The van der Waals surface area contributed by atoms with Crippen LogP contribution < -0.4 is 22.5 Å². The second-order valence-electron chi connectivity index (χ2n) is 8.91. The number of imidazole rings is 1. The molecule has 0 amide bonds. The Kier molecular flexibility index (Phi) is 7.48. The number of aliphatic hydroxyl groups is 4. The van der Waals surface area contributed by atoms with Gasteiger partial charge in [-0.3, -0.25) is 37.7 Å². The van der Waals surface area contributed by atoms with Crippen LogP contribution >= 0.6 is 7.82 Å². The normalized spacial score (nSPS) is 32.0. The highest BCUT2D eigenvalue weighted by molar-refractivity contribution is 7.47. The van der Waals surface area contributed by atoms with Crippen LogP contribution in [-0.4, -0.2) is 104 Å². The fraction of sp³-hybridized carbons (Fsp3) is 0.526. The number of nitrogens with two attached hydrogens (primary N) is 1. The molecule has 20 nitrogen and oxygen atoms in total. The standard InChI is InChI=1S/C19H24N7O13P/c20-18-23-14-9(15(32)24-18)21-5-26(14)16-12(31)10(29)7(38-16)4-36-40(34,35)39-13-11(30)6(3-27)37-17(13)25-2-1-8(28)22-19(25)33/h1-2,5-7,10-13,16-17,27,29-31H,3-4H2,(H,34,35)(H,22,28,33)(H3,20,23,24,32)/t6-,7-,10-,11-,12-,13-,16-,17-/m1/s1. The van der Waals surface area contributed by atoms with Crippen molar-refractivity contribution < 1.29 is 48.4 Å².